The van der Waals surface area contributed by atoms with Crippen molar-refractivity contribution in [1.82, 2.24) is 4.31 Å². The Hall–Kier alpha value is -1.89. The maximum Gasteiger partial charge on any atom is 0.243 e. The molecule has 0 atom stereocenters. The SMILES string of the molecule is CC(C)(C)c1ccc(OCc2cccc(S(=O)(=O)N3CCOCC3)c2)cc1. The average Bonchev–Trinajstić information content (AvgIpc) is 2.67. The summed E-state index contributed by atoms with van der Waals surface area (Å²) >= 11 is 0. The summed E-state index contributed by atoms with van der Waals surface area (Å²) < 4.78 is 38.1. The number of sulfonamides is 1. The van der Waals surface area contributed by atoms with E-state index in [1.165, 1.54) is 9.87 Å². The molecule has 0 aromatic heterocycles. The highest BCUT2D eigenvalue weighted by Crippen LogP contribution is 2.25. The van der Waals surface area contributed by atoms with Gasteiger partial charge in [0, 0.05) is 13.1 Å². The van der Waals surface area contributed by atoms with Gasteiger partial charge in [-0.25, -0.2) is 8.42 Å². The van der Waals surface area contributed by atoms with E-state index in [0.29, 0.717) is 37.8 Å². The summed E-state index contributed by atoms with van der Waals surface area (Å²) in [5.41, 5.74) is 2.17. The minimum atomic E-state index is -3.49. The fourth-order valence-electron chi connectivity index (χ4n) is 2.95. The van der Waals surface area contributed by atoms with Crippen LogP contribution in [0.4, 0.5) is 0 Å². The van der Waals surface area contributed by atoms with Gasteiger partial charge in [-0.15, -0.1) is 0 Å². The van der Waals surface area contributed by atoms with Crippen LogP contribution in [0.15, 0.2) is 53.4 Å². The first-order valence-corrected chi connectivity index (χ1v) is 10.6. The molecule has 0 spiro atoms. The molecule has 27 heavy (non-hydrogen) atoms. The number of morpholine rings is 1. The number of ether oxygens (including phenoxy) is 2. The summed E-state index contributed by atoms with van der Waals surface area (Å²) in [5, 5.41) is 0. The largest absolute Gasteiger partial charge is 0.489 e. The van der Waals surface area contributed by atoms with Gasteiger partial charge in [-0.1, -0.05) is 45.0 Å². The Labute approximate surface area is 162 Å². The molecule has 0 aliphatic carbocycles. The zero-order valence-corrected chi connectivity index (χ0v) is 17.0. The van der Waals surface area contributed by atoms with Gasteiger partial charge in [0.15, 0.2) is 0 Å². The van der Waals surface area contributed by atoms with Crippen LogP contribution in [-0.2, 0) is 26.8 Å². The topological polar surface area (TPSA) is 55.8 Å². The van der Waals surface area contributed by atoms with Crippen molar-refractivity contribution < 1.29 is 17.9 Å². The minimum absolute atomic E-state index is 0.0979. The number of rotatable bonds is 5. The Kier molecular flexibility index (Phi) is 5.89. The third-order valence-corrected chi connectivity index (χ3v) is 6.53. The number of hydrogen-bond acceptors (Lipinski definition) is 4. The predicted molar refractivity (Wildman–Crippen MR) is 105 cm³/mol. The Bertz CT molecular complexity index is 864. The highest BCUT2D eigenvalue weighted by Gasteiger charge is 2.26. The molecular weight excluding hydrogens is 362 g/mol. The summed E-state index contributed by atoms with van der Waals surface area (Å²) in [4.78, 5) is 0.300. The standard InChI is InChI=1S/C21H27NO4S/c1-21(2,3)18-7-9-19(10-8-18)26-16-17-5-4-6-20(15-17)27(23,24)22-11-13-25-14-12-22/h4-10,15H,11-14,16H2,1-3H3. The van der Waals surface area contributed by atoms with Crippen molar-refractivity contribution in [2.45, 2.75) is 37.7 Å². The van der Waals surface area contributed by atoms with Crippen LogP contribution >= 0.6 is 0 Å². The maximum atomic E-state index is 12.8. The van der Waals surface area contributed by atoms with Gasteiger partial charge >= 0.3 is 0 Å². The van der Waals surface area contributed by atoms with Crippen molar-refractivity contribution in [2.24, 2.45) is 0 Å². The molecule has 6 heteroatoms. The van der Waals surface area contributed by atoms with Crippen molar-refractivity contribution in [3.63, 3.8) is 0 Å². The van der Waals surface area contributed by atoms with Crippen LogP contribution in [0, 0.1) is 0 Å². The summed E-state index contributed by atoms with van der Waals surface area (Å²) in [6.07, 6.45) is 0. The van der Waals surface area contributed by atoms with Crippen molar-refractivity contribution in [1.29, 1.82) is 0 Å². The lowest BCUT2D eigenvalue weighted by atomic mass is 9.87. The molecule has 2 aromatic rings. The highest BCUT2D eigenvalue weighted by molar-refractivity contribution is 7.89. The molecule has 0 saturated carbocycles. The number of hydrogen-bond donors (Lipinski definition) is 0. The van der Waals surface area contributed by atoms with Gasteiger partial charge < -0.3 is 9.47 Å². The van der Waals surface area contributed by atoms with Crippen LogP contribution in [0.25, 0.3) is 0 Å². The van der Waals surface area contributed by atoms with E-state index in [1.807, 2.05) is 18.2 Å². The first-order valence-electron chi connectivity index (χ1n) is 9.17. The summed E-state index contributed by atoms with van der Waals surface area (Å²) in [6.45, 7) is 8.49. The lowest BCUT2D eigenvalue weighted by molar-refractivity contribution is 0.0730. The van der Waals surface area contributed by atoms with E-state index in [0.717, 1.165) is 11.3 Å². The average molecular weight is 390 g/mol. The van der Waals surface area contributed by atoms with E-state index in [9.17, 15) is 8.42 Å². The van der Waals surface area contributed by atoms with Gasteiger partial charge in [0.25, 0.3) is 0 Å². The Morgan fingerprint density at radius 1 is 1.04 bits per heavy atom. The Morgan fingerprint density at radius 3 is 2.33 bits per heavy atom. The first kappa shape index (κ1) is 19.9. The molecule has 5 nitrogen and oxygen atoms in total. The fraction of sp³-hybridized carbons (Fsp3) is 0.429. The molecular formula is C21H27NO4S. The van der Waals surface area contributed by atoms with Crippen LogP contribution in [0.5, 0.6) is 5.75 Å². The van der Waals surface area contributed by atoms with Crippen LogP contribution in [0.3, 0.4) is 0 Å². The second-order valence-electron chi connectivity index (χ2n) is 7.73. The van der Waals surface area contributed by atoms with Crippen molar-refractivity contribution >= 4 is 10.0 Å². The Morgan fingerprint density at radius 2 is 1.70 bits per heavy atom. The second-order valence-corrected chi connectivity index (χ2v) is 9.66. The van der Waals surface area contributed by atoms with Gasteiger partial charge in [0.2, 0.25) is 10.0 Å². The summed E-state index contributed by atoms with van der Waals surface area (Å²) in [6, 6.07) is 15.0. The van der Waals surface area contributed by atoms with Crippen LogP contribution in [0.1, 0.15) is 31.9 Å². The molecule has 1 aliphatic rings. The monoisotopic (exact) mass is 389 g/mol. The van der Waals surface area contributed by atoms with Crippen molar-refractivity contribution in [3.8, 4) is 5.75 Å². The lowest BCUT2D eigenvalue weighted by Gasteiger charge is -2.26. The smallest absolute Gasteiger partial charge is 0.243 e. The first-order chi connectivity index (χ1) is 12.8. The molecule has 0 N–H and O–H groups in total. The zero-order chi connectivity index (χ0) is 19.5. The highest BCUT2D eigenvalue weighted by atomic mass is 32.2. The van der Waals surface area contributed by atoms with Crippen LogP contribution < -0.4 is 4.74 Å². The van der Waals surface area contributed by atoms with E-state index >= 15 is 0 Å². The van der Waals surface area contributed by atoms with E-state index in [1.54, 1.807) is 18.2 Å². The van der Waals surface area contributed by atoms with E-state index in [2.05, 4.69) is 32.9 Å². The van der Waals surface area contributed by atoms with Gasteiger partial charge in [0.1, 0.15) is 12.4 Å². The van der Waals surface area contributed by atoms with E-state index in [4.69, 9.17) is 9.47 Å². The van der Waals surface area contributed by atoms with E-state index < -0.39 is 10.0 Å². The predicted octanol–water partition coefficient (Wildman–Crippen LogP) is 3.58. The molecule has 0 unspecified atom stereocenters. The van der Waals surface area contributed by atoms with Gasteiger partial charge in [-0.3, -0.25) is 0 Å². The fourth-order valence-corrected chi connectivity index (χ4v) is 4.43. The molecule has 1 fully saturated rings. The van der Waals surface area contributed by atoms with Gasteiger partial charge in [-0.05, 0) is 40.8 Å². The molecule has 0 radical (unpaired) electrons. The van der Waals surface area contributed by atoms with Crippen molar-refractivity contribution in [2.75, 3.05) is 26.3 Å². The molecule has 3 rings (SSSR count). The lowest BCUT2D eigenvalue weighted by Crippen LogP contribution is -2.40. The van der Waals surface area contributed by atoms with Crippen molar-refractivity contribution in [3.05, 3.63) is 59.7 Å². The third kappa shape index (κ3) is 4.89. The molecule has 0 bridgehead atoms. The molecule has 2 aromatic carbocycles. The molecule has 1 saturated heterocycles. The molecule has 1 heterocycles. The molecule has 146 valence electrons. The van der Waals surface area contributed by atoms with Crippen LogP contribution in [-0.4, -0.2) is 39.0 Å². The minimum Gasteiger partial charge on any atom is -0.489 e. The second kappa shape index (κ2) is 8.00. The summed E-state index contributed by atoms with van der Waals surface area (Å²) in [7, 11) is -3.49. The normalized spacial score (nSPS) is 16.3. The number of benzene rings is 2. The van der Waals surface area contributed by atoms with Gasteiger partial charge in [-0.2, -0.15) is 4.31 Å². The number of nitrogens with zero attached hydrogens (tertiary/aromatic N) is 1. The Balaban J connectivity index is 1.69. The van der Waals surface area contributed by atoms with E-state index in [-0.39, 0.29) is 5.41 Å². The molecule has 0 amide bonds. The van der Waals surface area contributed by atoms with Gasteiger partial charge in [0.05, 0.1) is 18.1 Å². The quantitative estimate of drug-likeness (QED) is 0.784. The maximum absolute atomic E-state index is 12.8. The summed E-state index contributed by atoms with van der Waals surface area (Å²) in [5.74, 6) is 0.768. The molecule has 1 aliphatic heterocycles. The zero-order valence-electron chi connectivity index (χ0n) is 16.1. The third-order valence-electron chi connectivity index (χ3n) is 4.63. The van der Waals surface area contributed by atoms with Crippen LogP contribution in [0.2, 0.25) is 0 Å².